The minimum Gasteiger partial charge on any atom is -0.493 e. The maximum Gasteiger partial charge on any atom is 0.227 e. The molecule has 2 aromatic heterocycles. The number of nitrogens with zero attached hydrogens (tertiary/aromatic N) is 4. The second kappa shape index (κ2) is 13.3. The van der Waals surface area contributed by atoms with Gasteiger partial charge in [0.1, 0.15) is 23.1 Å². The summed E-state index contributed by atoms with van der Waals surface area (Å²) >= 11 is 0. The number of aliphatic hydroxyl groups is 1. The molecule has 0 spiro atoms. The number of imidazole rings is 1. The van der Waals surface area contributed by atoms with Gasteiger partial charge in [0.05, 0.1) is 30.3 Å². The van der Waals surface area contributed by atoms with Crippen molar-refractivity contribution in [3.8, 4) is 40.0 Å². The standard InChI is InChI=1S/C33H34N6O3/c40-26-10-6-17-39(23-26)18-7-19-41-28-13-5-9-25(21-28)36-33-34-16-15-30(38-33)31-22-35-32(37-31)24-8-4-14-29(20-24)42-27-11-2-1-3-12-27/h1-5,8-9,11-16,20-22,26,40H,6-7,10,17-19,23H2,(H,35,37)(H,34,36,38). The number of rotatable bonds is 11. The van der Waals surface area contributed by atoms with Crippen LogP contribution >= 0.6 is 0 Å². The number of benzene rings is 3. The number of hydrogen-bond acceptors (Lipinski definition) is 8. The topological polar surface area (TPSA) is 108 Å². The van der Waals surface area contributed by atoms with Gasteiger partial charge in [0.15, 0.2) is 0 Å². The Kier molecular flexibility index (Phi) is 8.68. The minimum absolute atomic E-state index is 0.198. The second-order valence-electron chi connectivity index (χ2n) is 10.3. The smallest absolute Gasteiger partial charge is 0.227 e. The highest BCUT2D eigenvalue weighted by Gasteiger charge is 2.17. The fourth-order valence-corrected chi connectivity index (χ4v) is 5.00. The molecule has 1 atom stereocenters. The monoisotopic (exact) mass is 562 g/mol. The van der Waals surface area contributed by atoms with Gasteiger partial charge in [-0.2, -0.15) is 0 Å². The Balaban J connectivity index is 1.07. The van der Waals surface area contributed by atoms with E-state index >= 15 is 0 Å². The first-order valence-corrected chi connectivity index (χ1v) is 14.3. The van der Waals surface area contributed by atoms with Crippen molar-refractivity contribution in [2.24, 2.45) is 0 Å². The second-order valence-corrected chi connectivity index (χ2v) is 10.3. The first kappa shape index (κ1) is 27.4. The maximum absolute atomic E-state index is 9.85. The fraction of sp³-hybridized carbons (Fsp3) is 0.242. The van der Waals surface area contributed by atoms with Crippen molar-refractivity contribution in [3.63, 3.8) is 0 Å². The molecular weight excluding hydrogens is 528 g/mol. The lowest BCUT2D eigenvalue weighted by molar-refractivity contribution is 0.0679. The molecule has 1 unspecified atom stereocenters. The van der Waals surface area contributed by atoms with Crippen LogP contribution in [0.5, 0.6) is 17.2 Å². The first-order chi connectivity index (χ1) is 20.7. The van der Waals surface area contributed by atoms with Crippen LogP contribution in [0.1, 0.15) is 19.3 Å². The third kappa shape index (κ3) is 7.31. The summed E-state index contributed by atoms with van der Waals surface area (Å²) in [6, 6.07) is 27.1. The van der Waals surface area contributed by atoms with Crippen LogP contribution in [-0.2, 0) is 0 Å². The number of ether oxygens (including phenoxy) is 2. The Morgan fingerprint density at radius 2 is 1.79 bits per heavy atom. The Morgan fingerprint density at radius 3 is 2.69 bits per heavy atom. The van der Waals surface area contributed by atoms with E-state index in [9.17, 15) is 5.11 Å². The average Bonchev–Trinajstić information content (AvgIpc) is 3.51. The van der Waals surface area contributed by atoms with E-state index < -0.39 is 0 Å². The largest absolute Gasteiger partial charge is 0.493 e. The molecule has 9 heteroatoms. The van der Waals surface area contributed by atoms with Crippen LogP contribution in [0.15, 0.2) is 97.3 Å². The lowest BCUT2D eigenvalue weighted by atomic mass is 10.1. The number of aliphatic hydroxyl groups excluding tert-OH is 1. The van der Waals surface area contributed by atoms with Gasteiger partial charge in [-0.1, -0.05) is 36.4 Å². The summed E-state index contributed by atoms with van der Waals surface area (Å²) < 4.78 is 12.0. The van der Waals surface area contributed by atoms with Crippen LogP contribution in [0, 0.1) is 0 Å². The van der Waals surface area contributed by atoms with Gasteiger partial charge in [-0.3, -0.25) is 0 Å². The fourth-order valence-electron chi connectivity index (χ4n) is 5.00. The zero-order valence-electron chi connectivity index (χ0n) is 23.3. The summed E-state index contributed by atoms with van der Waals surface area (Å²) in [4.78, 5) is 19.4. The lowest BCUT2D eigenvalue weighted by Gasteiger charge is -2.29. The van der Waals surface area contributed by atoms with E-state index in [0.29, 0.717) is 12.6 Å². The quantitative estimate of drug-likeness (QED) is 0.161. The molecule has 6 rings (SSSR count). The predicted octanol–water partition coefficient (Wildman–Crippen LogP) is 6.30. The number of piperidine rings is 1. The van der Waals surface area contributed by atoms with E-state index in [1.807, 2.05) is 84.9 Å². The van der Waals surface area contributed by atoms with Crippen molar-refractivity contribution in [2.75, 3.05) is 31.6 Å². The number of likely N-dealkylation sites (tertiary alicyclic amines) is 1. The molecule has 0 bridgehead atoms. The highest BCUT2D eigenvalue weighted by Crippen LogP contribution is 2.28. The molecule has 1 aliphatic rings. The Bertz CT molecular complexity index is 1590. The molecule has 42 heavy (non-hydrogen) atoms. The average molecular weight is 563 g/mol. The number of para-hydroxylation sites is 1. The lowest BCUT2D eigenvalue weighted by Crippen LogP contribution is -2.39. The molecule has 3 N–H and O–H groups in total. The number of aromatic nitrogens is 4. The normalized spacial score (nSPS) is 15.3. The highest BCUT2D eigenvalue weighted by molar-refractivity contribution is 5.65. The molecule has 0 saturated carbocycles. The molecular formula is C33H34N6O3. The molecule has 0 aliphatic carbocycles. The van der Waals surface area contributed by atoms with Gasteiger partial charge in [-0.15, -0.1) is 0 Å². The molecule has 5 aromatic rings. The van der Waals surface area contributed by atoms with Crippen molar-refractivity contribution in [2.45, 2.75) is 25.4 Å². The van der Waals surface area contributed by atoms with Crippen LogP contribution in [0.4, 0.5) is 11.6 Å². The summed E-state index contributed by atoms with van der Waals surface area (Å²) in [5.74, 6) is 3.49. The van der Waals surface area contributed by atoms with E-state index in [0.717, 1.165) is 84.6 Å². The SMILES string of the molecule is OC1CCCN(CCCOc2cccc(Nc3nccc(-c4cnc(-c5cccc(Oc6ccccc6)c5)[nH]4)n3)c2)C1. The van der Waals surface area contributed by atoms with Crippen LogP contribution in [0.25, 0.3) is 22.8 Å². The van der Waals surface area contributed by atoms with Gasteiger partial charge >= 0.3 is 0 Å². The van der Waals surface area contributed by atoms with E-state index in [4.69, 9.17) is 14.5 Å². The predicted molar refractivity (Wildman–Crippen MR) is 163 cm³/mol. The highest BCUT2D eigenvalue weighted by atomic mass is 16.5. The van der Waals surface area contributed by atoms with Crippen LogP contribution in [0.2, 0.25) is 0 Å². The molecule has 0 radical (unpaired) electrons. The van der Waals surface area contributed by atoms with Crippen LogP contribution in [0.3, 0.4) is 0 Å². The van der Waals surface area contributed by atoms with Gasteiger partial charge in [-0.25, -0.2) is 15.0 Å². The van der Waals surface area contributed by atoms with E-state index in [2.05, 4.69) is 25.2 Å². The number of aromatic amines is 1. The Morgan fingerprint density at radius 1 is 0.929 bits per heavy atom. The third-order valence-corrected chi connectivity index (χ3v) is 7.05. The Labute approximate surface area is 245 Å². The molecule has 3 aromatic carbocycles. The Hall–Kier alpha value is -4.73. The number of anilines is 2. The van der Waals surface area contributed by atoms with Crippen LogP contribution < -0.4 is 14.8 Å². The maximum atomic E-state index is 9.85. The molecule has 3 heterocycles. The molecule has 1 saturated heterocycles. The molecule has 214 valence electrons. The summed E-state index contributed by atoms with van der Waals surface area (Å²) in [5, 5.41) is 13.1. The molecule has 1 fully saturated rings. The number of H-pyrrole nitrogens is 1. The van der Waals surface area contributed by atoms with Gasteiger partial charge in [0.25, 0.3) is 0 Å². The van der Waals surface area contributed by atoms with Gasteiger partial charge in [0, 0.05) is 36.6 Å². The third-order valence-electron chi connectivity index (χ3n) is 7.05. The first-order valence-electron chi connectivity index (χ1n) is 14.3. The van der Waals surface area contributed by atoms with Gasteiger partial charge < -0.3 is 29.8 Å². The van der Waals surface area contributed by atoms with Crippen molar-refractivity contribution in [1.29, 1.82) is 0 Å². The van der Waals surface area contributed by atoms with Crippen LogP contribution in [-0.4, -0.2) is 62.3 Å². The van der Waals surface area contributed by atoms with Crippen molar-refractivity contribution < 1.29 is 14.6 Å². The number of nitrogens with one attached hydrogen (secondary N) is 2. The molecule has 9 nitrogen and oxygen atoms in total. The summed E-state index contributed by atoms with van der Waals surface area (Å²) in [6.45, 7) is 3.35. The minimum atomic E-state index is -0.198. The summed E-state index contributed by atoms with van der Waals surface area (Å²) in [6.07, 6.45) is 6.16. The molecule has 0 amide bonds. The zero-order valence-corrected chi connectivity index (χ0v) is 23.3. The number of β-amino-alcohol motifs (C(OH)–C–C–N with tert-alkyl or cyclic N) is 1. The van der Waals surface area contributed by atoms with Gasteiger partial charge in [-0.05, 0) is 68.3 Å². The van der Waals surface area contributed by atoms with Crippen molar-refractivity contribution in [3.05, 3.63) is 97.3 Å². The molecule has 1 aliphatic heterocycles. The van der Waals surface area contributed by atoms with Crippen molar-refractivity contribution in [1.82, 2.24) is 24.8 Å². The summed E-state index contributed by atoms with van der Waals surface area (Å²) in [5.41, 5.74) is 3.25. The van der Waals surface area contributed by atoms with E-state index in [1.54, 1.807) is 12.4 Å². The van der Waals surface area contributed by atoms with Gasteiger partial charge in [0.2, 0.25) is 5.95 Å². The summed E-state index contributed by atoms with van der Waals surface area (Å²) in [7, 11) is 0. The zero-order chi connectivity index (χ0) is 28.6. The van der Waals surface area contributed by atoms with E-state index in [1.165, 1.54) is 0 Å². The van der Waals surface area contributed by atoms with E-state index in [-0.39, 0.29) is 6.10 Å². The number of hydrogen-bond donors (Lipinski definition) is 3. The van der Waals surface area contributed by atoms with Crippen molar-refractivity contribution >= 4 is 11.6 Å².